The Kier molecular flexibility index (Phi) is 5.59. The molecule has 1 atom stereocenters. The van der Waals surface area contributed by atoms with Gasteiger partial charge in [0.15, 0.2) is 0 Å². The zero-order valence-electron chi connectivity index (χ0n) is 15.4. The molecule has 3 N–H and O–H groups in total. The number of benzene rings is 2. The summed E-state index contributed by atoms with van der Waals surface area (Å²) in [5.41, 5.74) is 4.32. The molecule has 0 aliphatic carbocycles. The number of ketones is 1. The lowest BCUT2D eigenvalue weighted by Gasteiger charge is -2.11. The number of para-hydroxylation sites is 1. The fraction of sp³-hybridized carbons (Fsp3) is 0.0556. The normalized spacial score (nSPS) is 11.5. The van der Waals surface area contributed by atoms with E-state index in [2.05, 4.69) is 15.3 Å². The van der Waals surface area contributed by atoms with Gasteiger partial charge in [0.25, 0.3) is 23.3 Å². The Morgan fingerprint density at radius 2 is 1.74 bits per heavy atom. The van der Waals surface area contributed by atoms with Crippen LogP contribution in [0.3, 0.4) is 0 Å². The number of non-ortho nitro benzene ring substituents is 1. The fourth-order valence-corrected chi connectivity index (χ4v) is 2.71. The van der Waals surface area contributed by atoms with E-state index in [9.17, 15) is 34.6 Å². The summed E-state index contributed by atoms with van der Waals surface area (Å²) < 4.78 is 0. The molecule has 1 aromatic heterocycles. The van der Waals surface area contributed by atoms with Crippen molar-refractivity contribution in [2.75, 3.05) is 5.32 Å². The fourth-order valence-electron chi connectivity index (χ4n) is 2.71. The predicted octanol–water partition coefficient (Wildman–Crippen LogP) is 1.16. The van der Waals surface area contributed by atoms with Crippen LogP contribution in [-0.2, 0) is 9.59 Å². The Bertz CT molecular complexity index is 1260. The first-order chi connectivity index (χ1) is 14.7. The second kappa shape index (κ2) is 8.28. The lowest BCUT2D eigenvalue weighted by Crippen LogP contribution is -2.33. The number of primary amides is 1. The SMILES string of the molecule is NC(=O)c1ccccc1NC(=O)C(=O)[C@@H](c1cnc2ccc([N+](=O)[O-])cc2n1)[N+](=O)[O-]. The summed E-state index contributed by atoms with van der Waals surface area (Å²) in [5, 5.41) is 24.6. The van der Waals surface area contributed by atoms with Gasteiger partial charge in [-0.2, -0.15) is 0 Å². The van der Waals surface area contributed by atoms with Crippen LogP contribution in [0.15, 0.2) is 48.7 Å². The van der Waals surface area contributed by atoms with Gasteiger partial charge in [0.2, 0.25) is 0 Å². The Morgan fingerprint density at radius 1 is 1.03 bits per heavy atom. The number of nitrogens with zero attached hydrogens (tertiary/aromatic N) is 4. The van der Waals surface area contributed by atoms with Crippen LogP contribution >= 0.6 is 0 Å². The van der Waals surface area contributed by atoms with Gasteiger partial charge in [-0.25, -0.2) is 4.98 Å². The number of hydrogen-bond acceptors (Lipinski definition) is 9. The zero-order valence-corrected chi connectivity index (χ0v) is 15.4. The molecule has 0 spiro atoms. The summed E-state index contributed by atoms with van der Waals surface area (Å²) in [4.78, 5) is 64.9. The molecule has 13 heteroatoms. The van der Waals surface area contributed by atoms with Gasteiger partial charge >= 0.3 is 6.04 Å². The molecular formula is C18H12N6O7. The number of nitro benzene ring substituents is 1. The Balaban J connectivity index is 1.95. The Morgan fingerprint density at radius 3 is 2.39 bits per heavy atom. The minimum atomic E-state index is -2.23. The number of nitro groups is 2. The van der Waals surface area contributed by atoms with E-state index in [1.54, 1.807) is 0 Å². The maximum absolute atomic E-state index is 12.5. The predicted molar refractivity (Wildman–Crippen MR) is 105 cm³/mol. The van der Waals surface area contributed by atoms with E-state index in [0.29, 0.717) is 0 Å². The van der Waals surface area contributed by atoms with Crippen molar-refractivity contribution in [3.8, 4) is 0 Å². The van der Waals surface area contributed by atoms with Gasteiger partial charge in [0.1, 0.15) is 5.69 Å². The summed E-state index contributed by atoms with van der Waals surface area (Å²) >= 11 is 0. The van der Waals surface area contributed by atoms with E-state index >= 15 is 0 Å². The van der Waals surface area contributed by atoms with E-state index in [1.165, 1.54) is 36.4 Å². The van der Waals surface area contributed by atoms with Crippen LogP contribution in [0.1, 0.15) is 22.1 Å². The molecule has 0 unspecified atom stereocenters. The molecule has 0 fully saturated rings. The third kappa shape index (κ3) is 4.29. The van der Waals surface area contributed by atoms with Gasteiger partial charge < -0.3 is 11.1 Å². The molecule has 0 radical (unpaired) electrons. The van der Waals surface area contributed by atoms with E-state index in [4.69, 9.17) is 5.73 Å². The van der Waals surface area contributed by atoms with Crippen LogP contribution in [0.25, 0.3) is 11.0 Å². The van der Waals surface area contributed by atoms with Crippen molar-refractivity contribution < 1.29 is 24.2 Å². The summed E-state index contributed by atoms with van der Waals surface area (Å²) in [7, 11) is 0. The summed E-state index contributed by atoms with van der Waals surface area (Å²) in [5.74, 6) is -3.74. The number of Topliss-reactive ketones (excluding diaryl/α,β-unsaturated/α-hetero) is 1. The quantitative estimate of drug-likeness (QED) is 0.317. The van der Waals surface area contributed by atoms with Crippen molar-refractivity contribution in [3.05, 3.63) is 80.1 Å². The van der Waals surface area contributed by atoms with Gasteiger partial charge in [-0.05, 0) is 18.2 Å². The maximum Gasteiger partial charge on any atom is 0.322 e. The van der Waals surface area contributed by atoms with Crippen LogP contribution < -0.4 is 11.1 Å². The van der Waals surface area contributed by atoms with E-state index in [0.717, 1.165) is 12.3 Å². The molecule has 31 heavy (non-hydrogen) atoms. The van der Waals surface area contributed by atoms with Crippen molar-refractivity contribution in [2.24, 2.45) is 5.73 Å². The minimum absolute atomic E-state index is 0.0640. The van der Waals surface area contributed by atoms with Crippen molar-refractivity contribution in [1.82, 2.24) is 9.97 Å². The number of amides is 2. The summed E-state index contributed by atoms with van der Waals surface area (Å²) in [6, 6.07) is 6.81. The number of anilines is 1. The smallest absolute Gasteiger partial charge is 0.322 e. The molecule has 0 saturated carbocycles. The molecule has 0 bridgehead atoms. The first-order valence-electron chi connectivity index (χ1n) is 8.47. The molecular weight excluding hydrogens is 412 g/mol. The van der Waals surface area contributed by atoms with Crippen LogP contribution in [0.4, 0.5) is 11.4 Å². The number of aromatic nitrogens is 2. The first kappa shape index (κ1) is 20.9. The second-order valence-corrected chi connectivity index (χ2v) is 6.14. The summed E-state index contributed by atoms with van der Waals surface area (Å²) in [6.45, 7) is 0. The first-order valence-corrected chi connectivity index (χ1v) is 8.47. The highest BCUT2D eigenvalue weighted by molar-refractivity contribution is 6.42. The molecule has 2 aromatic carbocycles. The number of hydrogen-bond donors (Lipinski definition) is 2. The Labute approximate surface area is 172 Å². The molecule has 0 aliphatic rings. The number of carbonyl (C=O) groups excluding carboxylic acids is 3. The highest BCUT2D eigenvalue weighted by atomic mass is 16.6. The lowest BCUT2D eigenvalue weighted by molar-refractivity contribution is -0.513. The standard InChI is InChI=1S/C18H12N6O7/c19-17(26)10-3-1-2-4-11(10)22-18(27)16(25)15(24(30)31)14-8-20-12-6-5-9(23(28)29)7-13(12)21-14/h1-8,15H,(H2,19,26)(H,22,27)/t15-/m1/s1. The number of carbonyl (C=O) groups is 3. The van der Waals surface area contributed by atoms with Crippen molar-refractivity contribution in [1.29, 1.82) is 0 Å². The van der Waals surface area contributed by atoms with E-state index in [1.807, 2.05) is 0 Å². The maximum atomic E-state index is 12.5. The molecule has 2 amide bonds. The third-order valence-corrected chi connectivity index (χ3v) is 4.16. The average molecular weight is 424 g/mol. The van der Waals surface area contributed by atoms with Crippen LogP contribution in [0.5, 0.6) is 0 Å². The minimum Gasteiger partial charge on any atom is -0.366 e. The molecule has 3 aromatic rings. The largest absolute Gasteiger partial charge is 0.366 e. The number of nitrogens with one attached hydrogen (secondary N) is 1. The summed E-state index contributed by atoms with van der Waals surface area (Å²) in [6.07, 6.45) is 0.935. The Hall–Kier alpha value is -4.81. The van der Waals surface area contributed by atoms with Gasteiger partial charge in [-0.1, -0.05) is 12.1 Å². The van der Waals surface area contributed by atoms with Crippen molar-refractivity contribution >= 4 is 40.0 Å². The average Bonchev–Trinajstić information content (AvgIpc) is 2.73. The highest BCUT2D eigenvalue weighted by Crippen LogP contribution is 2.22. The number of rotatable bonds is 7. The number of fused-ring (bicyclic) bond motifs is 1. The topological polar surface area (TPSA) is 201 Å². The second-order valence-electron chi connectivity index (χ2n) is 6.14. The molecule has 156 valence electrons. The van der Waals surface area contributed by atoms with Crippen LogP contribution in [0, 0.1) is 20.2 Å². The molecule has 0 saturated heterocycles. The molecule has 13 nitrogen and oxygen atoms in total. The van der Waals surface area contributed by atoms with Gasteiger partial charge in [0.05, 0.1) is 33.4 Å². The lowest BCUT2D eigenvalue weighted by atomic mass is 10.1. The van der Waals surface area contributed by atoms with Crippen LogP contribution in [-0.4, -0.2) is 37.4 Å². The van der Waals surface area contributed by atoms with Gasteiger partial charge in [0, 0.05) is 17.1 Å². The molecule has 3 rings (SSSR count). The van der Waals surface area contributed by atoms with E-state index in [-0.39, 0.29) is 28.0 Å². The van der Waals surface area contributed by atoms with E-state index < -0.39 is 39.2 Å². The van der Waals surface area contributed by atoms with Gasteiger partial charge in [-0.15, -0.1) is 0 Å². The monoisotopic (exact) mass is 424 g/mol. The third-order valence-electron chi connectivity index (χ3n) is 4.16. The zero-order chi connectivity index (χ0) is 22.7. The molecule has 1 heterocycles. The van der Waals surface area contributed by atoms with Gasteiger partial charge in [-0.3, -0.25) is 39.6 Å². The van der Waals surface area contributed by atoms with Crippen molar-refractivity contribution in [3.63, 3.8) is 0 Å². The molecule has 0 aliphatic heterocycles. The highest BCUT2D eigenvalue weighted by Gasteiger charge is 2.39. The van der Waals surface area contributed by atoms with Crippen LogP contribution in [0.2, 0.25) is 0 Å². The van der Waals surface area contributed by atoms with Crippen molar-refractivity contribution in [2.45, 2.75) is 6.04 Å². The number of nitrogens with two attached hydrogens (primary N) is 1.